The zero-order valence-corrected chi connectivity index (χ0v) is 16.4. The predicted molar refractivity (Wildman–Crippen MR) is 104 cm³/mol. The van der Waals surface area contributed by atoms with Gasteiger partial charge in [-0.3, -0.25) is 9.78 Å². The van der Waals surface area contributed by atoms with Crippen LogP contribution >= 0.6 is 0 Å². The number of carbonyl (C=O) groups is 1. The monoisotopic (exact) mass is 430 g/mol. The van der Waals surface area contributed by atoms with Crippen LogP contribution in [-0.4, -0.2) is 34.4 Å². The van der Waals surface area contributed by atoms with Gasteiger partial charge in [-0.15, -0.1) is 0 Å². The Morgan fingerprint density at radius 2 is 2.00 bits per heavy atom. The van der Waals surface area contributed by atoms with E-state index in [-0.39, 0.29) is 18.3 Å². The van der Waals surface area contributed by atoms with Crippen LogP contribution in [0.15, 0.2) is 30.5 Å². The Balaban J connectivity index is 1.47. The third-order valence-corrected chi connectivity index (χ3v) is 5.70. The van der Waals surface area contributed by atoms with Gasteiger partial charge in [0.2, 0.25) is 0 Å². The van der Waals surface area contributed by atoms with Gasteiger partial charge in [0.15, 0.2) is 0 Å². The largest absolute Gasteiger partial charge is 0.491 e. The fourth-order valence-corrected chi connectivity index (χ4v) is 4.01. The highest BCUT2D eigenvalue weighted by Gasteiger charge is 2.37. The molecular weight excluding hydrogens is 413 g/mol. The second-order valence-electron chi connectivity index (χ2n) is 7.53. The number of hydrogen-bond donors (Lipinski definition) is 1. The van der Waals surface area contributed by atoms with Crippen molar-refractivity contribution in [3.63, 3.8) is 0 Å². The minimum atomic E-state index is -4.56. The number of anilines is 1. The average Bonchev–Trinajstić information content (AvgIpc) is 3.39. The molecule has 0 saturated carbocycles. The number of nitrogens with two attached hydrogens (primary N) is 1. The summed E-state index contributed by atoms with van der Waals surface area (Å²) in [5.41, 5.74) is 8.23. The van der Waals surface area contributed by atoms with Crippen LogP contribution in [0.5, 0.6) is 5.75 Å². The van der Waals surface area contributed by atoms with Crippen molar-refractivity contribution >= 4 is 22.6 Å². The molecule has 3 aromatic rings. The van der Waals surface area contributed by atoms with E-state index in [0.717, 1.165) is 28.8 Å². The van der Waals surface area contributed by atoms with Crippen LogP contribution in [0.3, 0.4) is 0 Å². The minimum absolute atomic E-state index is 0.0511. The molecule has 1 atom stereocenters. The summed E-state index contributed by atoms with van der Waals surface area (Å²) in [6.45, 7) is 0.823. The van der Waals surface area contributed by atoms with Crippen molar-refractivity contribution in [1.82, 2.24) is 14.9 Å². The van der Waals surface area contributed by atoms with Crippen LogP contribution in [0.25, 0.3) is 10.9 Å². The van der Waals surface area contributed by atoms with Crippen molar-refractivity contribution in [2.75, 3.05) is 19.4 Å². The molecule has 7 nitrogen and oxygen atoms in total. The smallest absolute Gasteiger partial charge is 0.433 e. The van der Waals surface area contributed by atoms with Gasteiger partial charge >= 0.3 is 6.18 Å². The molecule has 0 aliphatic carbocycles. The molecule has 0 spiro atoms. The van der Waals surface area contributed by atoms with E-state index in [1.165, 1.54) is 4.90 Å². The van der Waals surface area contributed by atoms with Crippen molar-refractivity contribution in [3.8, 4) is 5.75 Å². The molecule has 0 radical (unpaired) electrons. The topological polar surface area (TPSA) is 90.6 Å². The van der Waals surface area contributed by atoms with Crippen molar-refractivity contribution in [3.05, 3.63) is 58.4 Å². The Kier molecular flexibility index (Phi) is 4.30. The molecule has 4 heterocycles. The number of rotatable bonds is 2. The Hall–Kier alpha value is -3.40. The molecule has 1 aromatic carbocycles. The highest BCUT2D eigenvalue weighted by atomic mass is 19.4. The van der Waals surface area contributed by atoms with E-state index in [0.29, 0.717) is 35.7 Å². The lowest BCUT2D eigenvalue weighted by molar-refractivity contribution is -0.141. The van der Waals surface area contributed by atoms with Gasteiger partial charge in [0.1, 0.15) is 23.9 Å². The molecule has 0 bridgehead atoms. The van der Waals surface area contributed by atoms with Gasteiger partial charge in [-0.1, -0.05) is 0 Å². The van der Waals surface area contributed by atoms with Crippen LogP contribution in [-0.2, 0) is 24.1 Å². The number of pyridine rings is 2. The van der Waals surface area contributed by atoms with Crippen LogP contribution in [0.4, 0.5) is 19.0 Å². The predicted octanol–water partition coefficient (Wildman–Crippen LogP) is 3.47. The maximum Gasteiger partial charge on any atom is 0.433 e. The Morgan fingerprint density at radius 3 is 2.77 bits per heavy atom. The first-order chi connectivity index (χ1) is 14.7. The van der Waals surface area contributed by atoms with Gasteiger partial charge in [-0.25, -0.2) is 4.98 Å². The fraction of sp³-hybridized carbons (Fsp3) is 0.286. The standard InChI is InChI=1S/C21H17F3N4O3/c1-28(16-9-31-17-5-18(21(22,23)24)26-6-12(16)17)20(29)10-2-3-15-11(4-10)13-7-30-8-14(13)19(25)27-15/h2-6,16H,7-9H2,1H3,(H2,25,27)/t16-/m0/s1. The number of fused-ring (bicyclic) bond motifs is 4. The highest BCUT2D eigenvalue weighted by Crippen LogP contribution is 2.39. The van der Waals surface area contributed by atoms with Crippen molar-refractivity contribution < 1.29 is 27.4 Å². The number of alkyl halides is 3. The second-order valence-corrected chi connectivity index (χ2v) is 7.53. The maximum absolute atomic E-state index is 13.2. The molecule has 0 fully saturated rings. The number of nitrogen functional groups attached to an aromatic ring is 1. The summed E-state index contributed by atoms with van der Waals surface area (Å²) >= 11 is 0. The van der Waals surface area contributed by atoms with Gasteiger partial charge in [0.05, 0.1) is 24.8 Å². The highest BCUT2D eigenvalue weighted by molar-refractivity contribution is 5.99. The lowest BCUT2D eigenvalue weighted by atomic mass is 10.0. The molecule has 1 amide bonds. The molecule has 0 unspecified atom stereocenters. The van der Waals surface area contributed by atoms with Crippen LogP contribution in [0, 0.1) is 0 Å². The number of amides is 1. The van der Waals surface area contributed by atoms with E-state index in [9.17, 15) is 18.0 Å². The van der Waals surface area contributed by atoms with Crippen molar-refractivity contribution in [1.29, 1.82) is 0 Å². The van der Waals surface area contributed by atoms with Crippen LogP contribution < -0.4 is 10.5 Å². The molecule has 160 valence electrons. The van der Waals surface area contributed by atoms with Crippen LogP contribution in [0.2, 0.25) is 0 Å². The van der Waals surface area contributed by atoms with E-state index in [4.69, 9.17) is 15.2 Å². The summed E-state index contributed by atoms with van der Waals surface area (Å²) in [7, 11) is 1.59. The third-order valence-electron chi connectivity index (χ3n) is 5.70. The molecule has 31 heavy (non-hydrogen) atoms. The van der Waals surface area contributed by atoms with Gasteiger partial charge < -0.3 is 20.1 Å². The quantitative estimate of drug-likeness (QED) is 0.670. The van der Waals surface area contributed by atoms with Crippen LogP contribution in [0.1, 0.15) is 38.8 Å². The van der Waals surface area contributed by atoms with Gasteiger partial charge in [-0.2, -0.15) is 13.2 Å². The molecule has 0 saturated heterocycles. The lowest BCUT2D eigenvalue weighted by Crippen LogP contribution is -2.32. The summed E-state index contributed by atoms with van der Waals surface area (Å²) < 4.78 is 49.6. The number of likely N-dealkylation sites (N-methyl/N-ethyl adjacent to an activating group) is 1. The van der Waals surface area contributed by atoms with E-state index in [2.05, 4.69) is 9.97 Å². The van der Waals surface area contributed by atoms with Gasteiger partial charge in [0.25, 0.3) is 5.91 Å². The first kappa shape index (κ1) is 19.6. The minimum Gasteiger partial charge on any atom is -0.491 e. The van der Waals surface area contributed by atoms with Crippen molar-refractivity contribution in [2.45, 2.75) is 25.4 Å². The maximum atomic E-state index is 13.2. The zero-order valence-electron chi connectivity index (χ0n) is 16.4. The summed E-state index contributed by atoms with van der Waals surface area (Å²) in [6.07, 6.45) is -3.44. The molecule has 5 rings (SSSR count). The number of ether oxygens (including phenoxy) is 2. The molecule has 2 aliphatic heterocycles. The first-order valence-electron chi connectivity index (χ1n) is 9.50. The number of nitrogens with zero attached hydrogens (tertiary/aromatic N) is 3. The second kappa shape index (κ2) is 6.81. The van der Waals surface area contributed by atoms with Gasteiger partial charge in [0, 0.05) is 41.4 Å². The molecule has 2 N–H and O–H groups in total. The number of carbonyl (C=O) groups excluding carboxylic acids is 1. The van der Waals surface area contributed by atoms with Gasteiger partial charge in [-0.05, 0) is 23.8 Å². The van der Waals surface area contributed by atoms with E-state index in [1.807, 2.05) is 0 Å². The Morgan fingerprint density at radius 1 is 1.23 bits per heavy atom. The number of benzene rings is 1. The summed E-state index contributed by atoms with van der Waals surface area (Å²) in [4.78, 5) is 22.5. The zero-order chi connectivity index (χ0) is 21.9. The average molecular weight is 430 g/mol. The Bertz CT molecular complexity index is 1230. The normalized spacial score (nSPS) is 17.4. The summed E-state index contributed by atoms with van der Waals surface area (Å²) in [5, 5.41) is 0.792. The number of hydrogen-bond acceptors (Lipinski definition) is 6. The molecule has 2 aliphatic rings. The molecule has 2 aromatic heterocycles. The van der Waals surface area contributed by atoms with E-state index < -0.39 is 17.9 Å². The molecular formula is C21H17F3N4O3. The Labute approximate surface area is 174 Å². The summed E-state index contributed by atoms with van der Waals surface area (Å²) in [5.74, 6) is 0.203. The lowest BCUT2D eigenvalue weighted by Gasteiger charge is -2.24. The SMILES string of the molecule is CN(C(=O)c1ccc2nc(N)c3c(c2c1)COC3)[C@H]1COc2cc(C(F)(F)F)ncc21. The first-order valence-corrected chi connectivity index (χ1v) is 9.50. The number of aromatic nitrogens is 2. The number of halogens is 3. The molecule has 10 heteroatoms. The summed E-state index contributed by atoms with van der Waals surface area (Å²) in [6, 6.07) is 5.43. The van der Waals surface area contributed by atoms with Crippen molar-refractivity contribution in [2.24, 2.45) is 0 Å². The fourth-order valence-electron chi connectivity index (χ4n) is 4.01. The third kappa shape index (κ3) is 3.14. The van der Waals surface area contributed by atoms with E-state index >= 15 is 0 Å². The van der Waals surface area contributed by atoms with E-state index in [1.54, 1.807) is 25.2 Å².